The summed E-state index contributed by atoms with van der Waals surface area (Å²) < 4.78 is 28.2. The fraction of sp³-hybridized carbons (Fsp3) is 0.375. The smallest absolute Gasteiger partial charge is 0.305 e. The van der Waals surface area contributed by atoms with Crippen LogP contribution in [0.3, 0.4) is 0 Å². The molecule has 42 heavy (non-hydrogen) atoms. The van der Waals surface area contributed by atoms with Gasteiger partial charge in [0.2, 0.25) is 0 Å². The molecule has 10 heteroatoms. The molecule has 2 aliphatic rings. The minimum Gasteiger partial charge on any atom is -0.481 e. The molecule has 7 nitrogen and oxygen atoms in total. The Morgan fingerprint density at radius 2 is 1.71 bits per heavy atom. The third kappa shape index (κ3) is 5.09. The van der Waals surface area contributed by atoms with E-state index in [0.29, 0.717) is 53.6 Å². The Morgan fingerprint density at radius 3 is 2.26 bits per heavy atom. The van der Waals surface area contributed by atoms with Crippen LogP contribution in [0.5, 0.6) is 0 Å². The minimum absolute atomic E-state index is 0.00918. The molecule has 0 radical (unpaired) electrons. The largest absolute Gasteiger partial charge is 0.481 e. The van der Waals surface area contributed by atoms with Crippen molar-refractivity contribution in [1.82, 2.24) is 4.90 Å². The van der Waals surface area contributed by atoms with Crippen molar-refractivity contribution in [1.29, 1.82) is 0 Å². The maximum absolute atomic E-state index is 16.6. The summed E-state index contributed by atoms with van der Waals surface area (Å²) in [5.41, 5.74) is -2.17. The first-order valence-electron chi connectivity index (χ1n) is 13.8. The van der Waals surface area contributed by atoms with Gasteiger partial charge in [0.1, 0.15) is 5.82 Å². The van der Waals surface area contributed by atoms with E-state index in [4.69, 9.17) is 32.7 Å². The highest BCUT2D eigenvalue weighted by molar-refractivity contribution is 6.30. The molecule has 2 N–H and O–H groups in total. The molecule has 0 spiro atoms. The van der Waals surface area contributed by atoms with E-state index in [1.54, 1.807) is 48.5 Å². The molecule has 5 rings (SSSR count). The van der Waals surface area contributed by atoms with E-state index < -0.39 is 41.5 Å². The molecule has 222 valence electrons. The number of amides is 1. The zero-order chi connectivity index (χ0) is 30.2. The Labute approximate surface area is 253 Å². The van der Waals surface area contributed by atoms with Crippen molar-refractivity contribution in [3.63, 3.8) is 0 Å². The van der Waals surface area contributed by atoms with Gasteiger partial charge in [-0.2, -0.15) is 0 Å². The molecule has 1 saturated heterocycles. The third-order valence-corrected chi connectivity index (χ3v) is 9.12. The number of aliphatic carboxylic acids is 1. The van der Waals surface area contributed by atoms with Crippen LogP contribution in [-0.4, -0.2) is 47.3 Å². The van der Waals surface area contributed by atoms with Gasteiger partial charge >= 0.3 is 5.97 Å². The summed E-state index contributed by atoms with van der Waals surface area (Å²) in [4.78, 5) is 28.0. The topological polar surface area (TPSA) is 96.3 Å². The lowest BCUT2D eigenvalue weighted by Gasteiger charge is -2.42. The molecule has 0 saturated carbocycles. The van der Waals surface area contributed by atoms with Crippen molar-refractivity contribution >= 4 is 35.1 Å². The molecule has 2 unspecified atom stereocenters. The quantitative estimate of drug-likeness (QED) is 0.279. The number of ether oxygens (including phenoxy) is 2. The molecule has 2 aliphatic heterocycles. The number of carboxylic acids is 1. The lowest BCUT2D eigenvalue weighted by Crippen LogP contribution is -2.49. The number of nitrogens with zero attached hydrogens (tertiary/aromatic N) is 1. The summed E-state index contributed by atoms with van der Waals surface area (Å²) in [6, 6.07) is 14.6. The minimum atomic E-state index is -1.84. The van der Waals surface area contributed by atoms with Gasteiger partial charge in [-0.05, 0) is 72.7 Å². The van der Waals surface area contributed by atoms with Crippen LogP contribution >= 0.6 is 23.2 Å². The van der Waals surface area contributed by atoms with Gasteiger partial charge in [0.05, 0.1) is 29.2 Å². The van der Waals surface area contributed by atoms with Gasteiger partial charge in [-0.25, -0.2) is 4.39 Å². The molecule has 0 aliphatic carbocycles. The average molecular weight is 617 g/mol. The fourth-order valence-corrected chi connectivity index (χ4v) is 6.77. The van der Waals surface area contributed by atoms with Crippen LogP contribution in [0.25, 0.3) is 0 Å². The number of fused-ring (bicyclic) bond motifs is 1. The number of aliphatic hydroxyl groups is 1. The molecule has 0 aromatic heterocycles. The number of carbonyl (C=O) groups excluding carboxylic acids is 1. The Morgan fingerprint density at radius 1 is 1.12 bits per heavy atom. The first-order chi connectivity index (χ1) is 20.1. The van der Waals surface area contributed by atoms with Crippen LogP contribution < -0.4 is 0 Å². The van der Waals surface area contributed by atoms with Gasteiger partial charge < -0.3 is 19.7 Å². The lowest BCUT2D eigenvalue weighted by atomic mass is 9.74. The van der Waals surface area contributed by atoms with Gasteiger partial charge in [0.25, 0.3) is 5.91 Å². The predicted molar refractivity (Wildman–Crippen MR) is 156 cm³/mol. The first-order valence-corrected chi connectivity index (χ1v) is 14.6. The number of carboxylic acid groups (broad SMARTS) is 1. The Bertz CT molecular complexity index is 1480. The number of hydrogen-bond acceptors (Lipinski definition) is 5. The van der Waals surface area contributed by atoms with Crippen molar-refractivity contribution in [2.45, 2.75) is 50.0 Å². The standard InChI is InChI=1S/C32H32Cl2FNO6/c1-3-31(40,20-12-14-42-15-13-20)22-16-25-29(26(35)17-22)32(41-2,21-6-10-24(34)11-7-21)36(30(25)39)27(18-28(37)38)19-4-8-23(33)9-5-19/h4-11,16-17,20,27,40H,3,12-15,18H2,1-2H3,(H,37,38)/t27?,31?,32-/m1/s1. The van der Waals surface area contributed by atoms with Crippen LogP contribution in [0.2, 0.25) is 10.0 Å². The Hall–Kier alpha value is -3.01. The van der Waals surface area contributed by atoms with Crippen molar-refractivity contribution in [2.24, 2.45) is 5.92 Å². The van der Waals surface area contributed by atoms with Crippen LogP contribution in [-0.2, 0) is 25.6 Å². The monoisotopic (exact) mass is 615 g/mol. The van der Waals surface area contributed by atoms with E-state index in [-0.39, 0.29) is 22.6 Å². The van der Waals surface area contributed by atoms with Gasteiger partial charge in [-0.3, -0.25) is 14.5 Å². The van der Waals surface area contributed by atoms with Crippen LogP contribution in [0.1, 0.15) is 71.3 Å². The number of methoxy groups -OCH3 is 1. The second-order valence-corrected chi connectivity index (χ2v) is 11.6. The molecule has 1 fully saturated rings. The fourth-order valence-electron chi connectivity index (χ4n) is 6.51. The van der Waals surface area contributed by atoms with Gasteiger partial charge in [-0.1, -0.05) is 54.4 Å². The second-order valence-electron chi connectivity index (χ2n) is 10.7. The van der Waals surface area contributed by atoms with Gasteiger partial charge in [0, 0.05) is 35.9 Å². The molecule has 3 atom stereocenters. The molecule has 3 aromatic rings. The lowest BCUT2D eigenvalue weighted by molar-refractivity contribution is -0.142. The maximum atomic E-state index is 16.6. The summed E-state index contributed by atoms with van der Waals surface area (Å²) in [6.45, 7) is 2.79. The van der Waals surface area contributed by atoms with E-state index in [9.17, 15) is 19.8 Å². The number of hydrogen-bond donors (Lipinski definition) is 2. The molecular formula is C32H32Cl2FNO6. The number of carbonyl (C=O) groups is 2. The van der Waals surface area contributed by atoms with Crippen molar-refractivity contribution in [2.75, 3.05) is 20.3 Å². The Balaban J connectivity index is 1.77. The zero-order valence-electron chi connectivity index (χ0n) is 23.3. The summed E-state index contributed by atoms with van der Waals surface area (Å²) in [5, 5.41) is 22.7. The van der Waals surface area contributed by atoms with Crippen LogP contribution in [0, 0.1) is 11.7 Å². The van der Waals surface area contributed by atoms with Crippen LogP contribution in [0.4, 0.5) is 4.39 Å². The van der Waals surface area contributed by atoms with Gasteiger partial charge in [-0.15, -0.1) is 0 Å². The highest BCUT2D eigenvalue weighted by Crippen LogP contribution is 2.52. The van der Waals surface area contributed by atoms with Crippen molar-refractivity contribution < 1.29 is 33.7 Å². The summed E-state index contributed by atoms with van der Waals surface area (Å²) >= 11 is 12.3. The number of rotatable bonds is 9. The average Bonchev–Trinajstić information content (AvgIpc) is 3.25. The molecular weight excluding hydrogens is 584 g/mol. The van der Waals surface area contributed by atoms with E-state index >= 15 is 4.39 Å². The third-order valence-electron chi connectivity index (χ3n) is 8.62. The molecule has 1 amide bonds. The first kappa shape index (κ1) is 30.4. The second kappa shape index (κ2) is 11.9. The molecule has 3 aromatic carbocycles. The van der Waals surface area contributed by atoms with E-state index in [1.165, 1.54) is 24.1 Å². The highest BCUT2D eigenvalue weighted by atomic mass is 35.5. The number of benzene rings is 3. The molecule has 2 heterocycles. The van der Waals surface area contributed by atoms with E-state index in [0.717, 1.165) is 0 Å². The van der Waals surface area contributed by atoms with Crippen LogP contribution in [0.15, 0.2) is 60.7 Å². The Kier molecular flexibility index (Phi) is 8.65. The normalized spacial score (nSPS) is 21.2. The highest BCUT2D eigenvalue weighted by Gasteiger charge is 2.57. The summed E-state index contributed by atoms with van der Waals surface area (Å²) in [6.07, 6.45) is 0.989. The maximum Gasteiger partial charge on any atom is 0.305 e. The van der Waals surface area contributed by atoms with E-state index in [1.807, 2.05) is 6.92 Å². The van der Waals surface area contributed by atoms with E-state index in [2.05, 4.69) is 0 Å². The SMILES string of the molecule is CCC(O)(c1cc(F)c2c(c1)C(=O)N(C(CC(=O)O)c1ccc(Cl)cc1)[C@@]2(OC)c1ccc(Cl)cc1)C1CCOCC1. The number of halogens is 3. The summed E-state index contributed by atoms with van der Waals surface area (Å²) in [7, 11) is 1.35. The predicted octanol–water partition coefficient (Wildman–Crippen LogP) is 6.68. The zero-order valence-corrected chi connectivity index (χ0v) is 24.8. The summed E-state index contributed by atoms with van der Waals surface area (Å²) in [5.74, 6) is -2.74. The molecule has 0 bridgehead atoms. The van der Waals surface area contributed by atoms with Gasteiger partial charge in [0.15, 0.2) is 5.72 Å². The van der Waals surface area contributed by atoms with Crippen molar-refractivity contribution in [3.05, 3.63) is 104 Å². The van der Waals surface area contributed by atoms with Crippen molar-refractivity contribution in [3.8, 4) is 0 Å².